The van der Waals surface area contributed by atoms with E-state index < -0.39 is 12.0 Å². The van der Waals surface area contributed by atoms with E-state index in [1.807, 2.05) is 61.5 Å². The fourth-order valence-corrected chi connectivity index (χ4v) is 5.26. The first kappa shape index (κ1) is 22.9. The van der Waals surface area contributed by atoms with Gasteiger partial charge < -0.3 is 19.1 Å². The van der Waals surface area contributed by atoms with E-state index in [1.54, 1.807) is 24.5 Å². The molecule has 0 fully saturated rings. The summed E-state index contributed by atoms with van der Waals surface area (Å²) in [5.74, 6) is 0.853. The molecule has 2 aromatic carbocycles. The molecule has 2 aliphatic heterocycles. The fraction of sp³-hybridized carbons (Fsp3) is 0.269. The normalized spacial score (nSPS) is 16.7. The lowest BCUT2D eigenvalue weighted by atomic mass is 9.95. The Morgan fingerprint density at radius 2 is 1.94 bits per heavy atom. The van der Waals surface area contributed by atoms with Crippen LogP contribution < -0.4 is 29.3 Å². The molecule has 0 saturated carbocycles. The Kier molecular flexibility index (Phi) is 5.94. The molecule has 0 radical (unpaired) electrons. The van der Waals surface area contributed by atoms with Crippen LogP contribution in [0.2, 0.25) is 0 Å². The molecule has 0 aliphatic carbocycles. The quantitative estimate of drug-likeness (QED) is 0.511. The van der Waals surface area contributed by atoms with Crippen LogP contribution >= 0.6 is 11.3 Å². The minimum absolute atomic E-state index is 0.184. The van der Waals surface area contributed by atoms with Crippen molar-refractivity contribution >= 4 is 29.1 Å². The second-order valence-corrected chi connectivity index (χ2v) is 9.41. The van der Waals surface area contributed by atoms with Gasteiger partial charge in [0.2, 0.25) is 6.79 Å². The second-order valence-electron chi connectivity index (χ2n) is 8.40. The van der Waals surface area contributed by atoms with Gasteiger partial charge in [-0.05, 0) is 55.3 Å². The van der Waals surface area contributed by atoms with E-state index in [4.69, 9.17) is 14.2 Å². The van der Waals surface area contributed by atoms with Crippen LogP contribution in [0.5, 0.6) is 11.5 Å². The summed E-state index contributed by atoms with van der Waals surface area (Å²) in [7, 11) is 3.92. The van der Waals surface area contributed by atoms with Crippen LogP contribution in [0.15, 0.2) is 63.5 Å². The number of esters is 1. The molecule has 0 unspecified atom stereocenters. The molecule has 180 valence electrons. The smallest absolute Gasteiger partial charge is 0.338 e. The summed E-state index contributed by atoms with van der Waals surface area (Å²) < 4.78 is 18.3. The highest BCUT2D eigenvalue weighted by atomic mass is 32.1. The molecule has 0 saturated heterocycles. The third-order valence-electron chi connectivity index (χ3n) is 5.94. The van der Waals surface area contributed by atoms with Crippen molar-refractivity contribution in [3.05, 3.63) is 84.5 Å². The van der Waals surface area contributed by atoms with Crippen molar-refractivity contribution in [1.29, 1.82) is 0 Å². The molecule has 8 nitrogen and oxygen atoms in total. The van der Waals surface area contributed by atoms with Gasteiger partial charge in [0, 0.05) is 19.8 Å². The van der Waals surface area contributed by atoms with E-state index >= 15 is 0 Å². The average Bonchev–Trinajstić information content (AvgIpc) is 3.42. The van der Waals surface area contributed by atoms with Gasteiger partial charge in [-0.1, -0.05) is 29.5 Å². The van der Waals surface area contributed by atoms with Gasteiger partial charge in [-0.25, -0.2) is 9.79 Å². The molecule has 3 heterocycles. The average molecular weight is 492 g/mol. The van der Waals surface area contributed by atoms with Crippen LogP contribution in [0.3, 0.4) is 0 Å². The van der Waals surface area contributed by atoms with E-state index in [0.717, 1.165) is 16.8 Å². The van der Waals surface area contributed by atoms with E-state index in [1.165, 1.54) is 11.3 Å². The molecule has 3 aromatic rings. The van der Waals surface area contributed by atoms with Crippen LogP contribution in [-0.4, -0.2) is 38.0 Å². The molecule has 35 heavy (non-hydrogen) atoms. The minimum Gasteiger partial charge on any atom is -0.463 e. The Hall–Kier alpha value is -3.85. The number of nitrogens with zero attached hydrogens (tertiary/aromatic N) is 3. The molecule has 0 bridgehead atoms. The van der Waals surface area contributed by atoms with Crippen LogP contribution in [0.4, 0.5) is 5.69 Å². The maximum atomic E-state index is 13.7. The number of aromatic nitrogens is 1. The molecule has 5 rings (SSSR count). The van der Waals surface area contributed by atoms with Crippen molar-refractivity contribution < 1.29 is 19.0 Å². The minimum atomic E-state index is -0.639. The van der Waals surface area contributed by atoms with Gasteiger partial charge in [0.05, 0.1) is 28.5 Å². The molecule has 9 heteroatoms. The van der Waals surface area contributed by atoms with Crippen molar-refractivity contribution in [3.63, 3.8) is 0 Å². The van der Waals surface area contributed by atoms with Gasteiger partial charge in [0.25, 0.3) is 5.56 Å². The Balaban J connectivity index is 1.67. The summed E-state index contributed by atoms with van der Waals surface area (Å²) in [6.07, 6.45) is 1.81. The Bertz CT molecular complexity index is 1520. The molecule has 2 aliphatic rings. The van der Waals surface area contributed by atoms with Crippen LogP contribution in [0, 0.1) is 0 Å². The zero-order valence-electron chi connectivity index (χ0n) is 19.9. The number of benzene rings is 2. The lowest BCUT2D eigenvalue weighted by molar-refractivity contribution is -0.139. The summed E-state index contributed by atoms with van der Waals surface area (Å²) in [4.78, 5) is 33.8. The van der Waals surface area contributed by atoms with Gasteiger partial charge in [-0.2, -0.15) is 0 Å². The highest BCUT2D eigenvalue weighted by Crippen LogP contribution is 2.33. The summed E-state index contributed by atoms with van der Waals surface area (Å²) >= 11 is 1.29. The van der Waals surface area contributed by atoms with Crippen molar-refractivity contribution in [2.75, 3.05) is 32.4 Å². The van der Waals surface area contributed by atoms with Gasteiger partial charge in [0.15, 0.2) is 16.3 Å². The maximum Gasteiger partial charge on any atom is 0.338 e. The van der Waals surface area contributed by atoms with Crippen LogP contribution in [0.1, 0.15) is 31.0 Å². The molecule has 1 atom stereocenters. The van der Waals surface area contributed by atoms with Gasteiger partial charge in [-0.3, -0.25) is 9.36 Å². The lowest BCUT2D eigenvalue weighted by Gasteiger charge is -2.25. The summed E-state index contributed by atoms with van der Waals surface area (Å²) in [5.41, 5.74) is 3.33. The third-order valence-corrected chi connectivity index (χ3v) is 6.92. The van der Waals surface area contributed by atoms with E-state index in [0.29, 0.717) is 32.1 Å². The number of hydrogen-bond donors (Lipinski definition) is 0. The predicted octanol–water partition coefficient (Wildman–Crippen LogP) is 2.59. The van der Waals surface area contributed by atoms with E-state index in [-0.39, 0.29) is 19.0 Å². The number of rotatable bonds is 5. The predicted molar refractivity (Wildman–Crippen MR) is 134 cm³/mol. The van der Waals surface area contributed by atoms with E-state index in [2.05, 4.69) is 4.99 Å². The molecule has 0 N–H and O–H groups in total. The van der Waals surface area contributed by atoms with Gasteiger partial charge in [-0.15, -0.1) is 0 Å². The number of carbonyl (C=O) groups excluding carboxylic acids is 1. The molecular weight excluding hydrogens is 466 g/mol. The summed E-state index contributed by atoms with van der Waals surface area (Å²) in [5, 5.41) is 0. The number of allylic oxidation sites excluding steroid dienone is 1. The second kappa shape index (κ2) is 9.07. The molecule has 0 amide bonds. The van der Waals surface area contributed by atoms with Crippen LogP contribution in [-0.2, 0) is 9.53 Å². The molecule has 1 aromatic heterocycles. The topological polar surface area (TPSA) is 82.4 Å². The number of thiazole rings is 1. The fourth-order valence-electron chi connectivity index (χ4n) is 4.22. The van der Waals surface area contributed by atoms with Gasteiger partial charge in [0.1, 0.15) is 0 Å². The van der Waals surface area contributed by atoms with Crippen LogP contribution in [0.25, 0.3) is 6.08 Å². The summed E-state index contributed by atoms with van der Waals surface area (Å²) in [6.45, 7) is 3.96. The highest BCUT2D eigenvalue weighted by molar-refractivity contribution is 7.07. The number of ether oxygens (including phenoxy) is 3. The maximum absolute atomic E-state index is 13.7. The number of anilines is 1. The largest absolute Gasteiger partial charge is 0.463 e. The SMILES string of the molecule is CCOC(=O)C1=C(C)N=c2s/c(=C/c3ccc4c(c3)OCO4)c(=O)n2[C@H]1c1ccc(N(C)C)cc1. The van der Waals surface area contributed by atoms with E-state index in [9.17, 15) is 9.59 Å². The number of hydrogen-bond acceptors (Lipinski definition) is 8. The summed E-state index contributed by atoms with van der Waals surface area (Å²) in [6, 6.07) is 12.7. The lowest BCUT2D eigenvalue weighted by Crippen LogP contribution is -2.39. The first-order valence-corrected chi connectivity index (χ1v) is 12.1. The first-order chi connectivity index (χ1) is 16.9. The molecular formula is C26H25N3O5S. The van der Waals surface area contributed by atoms with Crippen molar-refractivity contribution in [3.8, 4) is 11.5 Å². The Morgan fingerprint density at radius 1 is 1.20 bits per heavy atom. The Labute approximate surface area is 206 Å². The first-order valence-electron chi connectivity index (χ1n) is 11.2. The van der Waals surface area contributed by atoms with Crippen molar-refractivity contribution in [2.45, 2.75) is 19.9 Å². The Morgan fingerprint density at radius 3 is 2.66 bits per heavy atom. The van der Waals surface area contributed by atoms with Crippen molar-refractivity contribution in [1.82, 2.24) is 4.57 Å². The number of carbonyl (C=O) groups is 1. The standard InChI is InChI=1S/C26H25N3O5S/c1-5-32-25(31)22-15(2)27-26-29(23(22)17-7-9-18(10-8-17)28(3)4)24(30)21(35-26)13-16-6-11-19-20(12-16)34-14-33-19/h6-13,23H,5,14H2,1-4H3/b21-13+/t23-/m0/s1. The zero-order valence-corrected chi connectivity index (χ0v) is 20.7. The van der Waals surface area contributed by atoms with Gasteiger partial charge >= 0.3 is 5.97 Å². The third kappa shape index (κ3) is 4.12. The zero-order chi connectivity index (χ0) is 24.7. The highest BCUT2D eigenvalue weighted by Gasteiger charge is 2.33. The monoisotopic (exact) mass is 491 g/mol. The molecule has 0 spiro atoms. The van der Waals surface area contributed by atoms with Crippen molar-refractivity contribution in [2.24, 2.45) is 4.99 Å². The number of fused-ring (bicyclic) bond motifs is 2.